The zero-order valence-electron chi connectivity index (χ0n) is 9.13. The maximum Gasteiger partial charge on any atom is 0.0595 e. The molecular weight excluding hydrogens is 268 g/mol. The van der Waals surface area contributed by atoms with E-state index < -0.39 is 0 Å². The Kier molecular flexibility index (Phi) is 9.09. The molecule has 0 atom stereocenters. The quantitative estimate of drug-likeness (QED) is 0.807. The molecule has 0 radical (unpaired) electrons. The maximum absolute atomic E-state index is 5.89. The molecule has 0 spiro atoms. The van der Waals surface area contributed by atoms with Gasteiger partial charge in [-0.25, -0.2) is 0 Å². The van der Waals surface area contributed by atoms with Crippen molar-refractivity contribution in [1.29, 1.82) is 0 Å². The normalized spacial score (nSPS) is 9.94. The van der Waals surface area contributed by atoms with Crippen molar-refractivity contribution in [2.75, 3.05) is 19.8 Å². The summed E-state index contributed by atoms with van der Waals surface area (Å²) in [7, 11) is 0. The molecule has 0 saturated carbocycles. The van der Waals surface area contributed by atoms with Gasteiger partial charge in [0.25, 0.3) is 0 Å². The monoisotopic (exact) mass is 283 g/mol. The van der Waals surface area contributed by atoms with Crippen LogP contribution in [0.5, 0.6) is 0 Å². The van der Waals surface area contributed by atoms with Gasteiger partial charge in [-0.1, -0.05) is 29.3 Å². The largest absolute Gasteiger partial charge is 0.380 e. The summed E-state index contributed by atoms with van der Waals surface area (Å²) in [5.41, 5.74) is 1.13. The van der Waals surface area contributed by atoms with E-state index in [4.69, 9.17) is 27.9 Å². The van der Waals surface area contributed by atoms with E-state index in [1.54, 1.807) is 0 Å². The highest BCUT2D eigenvalue weighted by Crippen LogP contribution is 2.22. The Morgan fingerprint density at radius 3 is 2.62 bits per heavy atom. The van der Waals surface area contributed by atoms with E-state index in [0.29, 0.717) is 10.0 Å². The van der Waals surface area contributed by atoms with Gasteiger partial charge in [0.2, 0.25) is 0 Å². The van der Waals surface area contributed by atoms with E-state index in [9.17, 15) is 0 Å². The van der Waals surface area contributed by atoms with Crippen molar-refractivity contribution in [3.63, 3.8) is 0 Å². The lowest BCUT2D eigenvalue weighted by molar-refractivity contribution is 0.149. The van der Waals surface area contributed by atoms with Crippen LogP contribution < -0.4 is 5.32 Å². The molecule has 0 aromatic heterocycles. The molecule has 16 heavy (non-hydrogen) atoms. The molecule has 2 nitrogen and oxygen atoms in total. The van der Waals surface area contributed by atoms with Gasteiger partial charge in [-0.2, -0.15) is 0 Å². The van der Waals surface area contributed by atoms with Crippen LogP contribution in [-0.4, -0.2) is 19.8 Å². The molecule has 0 aliphatic rings. The molecule has 5 heteroatoms. The Labute approximate surface area is 113 Å². The predicted molar refractivity (Wildman–Crippen MR) is 71.9 cm³/mol. The maximum atomic E-state index is 5.89. The minimum atomic E-state index is 0. The van der Waals surface area contributed by atoms with E-state index in [2.05, 4.69) is 5.32 Å². The van der Waals surface area contributed by atoms with Crippen molar-refractivity contribution in [3.8, 4) is 0 Å². The van der Waals surface area contributed by atoms with Crippen LogP contribution in [0.1, 0.15) is 12.5 Å². The smallest absolute Gasteiger partial charge is 0.0595 e. The van der Waals surface area contributed by atoms with Crippen LogP contribution in [0.2, 0.25) is 10.0 Å². The third-order valence-corrected chi connectivity index (χ3v) is 2.68. The number of rotatable bonds is 6. The van der Waals surface area contributed by atoms with Crippen LogP contribution in [0.3, 0.4) is 0 Å². The second-order valence-corrected chi connectivity index (χ2v) is 3.94. The summed E-state index contributed by atoms with van der Waals surface area (Å²) >= 11 is 11.7. The van der Waals surface area contributed by atoms with Gasteiger partial charge in [-0.15, -0.1) is 12.4 Å². The molecule has 1 aromatic rings. The molecule has 1 aromatic carbocycles. The number of hydrogen-bond acceptors (Lipinski definition) is 2. The van der Waals surface area contributed by atoms with Crippen molar-refractivity contribution < 1.29 is 4.74 Å². The molecule has 0 unspecified atom stereocenters. The fourth-order valence-electron chi connectivity index (χ4n) is 1.17. The van der Waals surface area contributed by atoms with E-state index in [1.807, 2.05) is 25.1 Å². The second-order valence-electron chi connectivity index (χ2n) is 3.12. The molecule has 1 rings (SSSR count). The lowest BCUT2D eigenvalue weighted by Gasteiger charge is -2.05. The molecule has 0 fully saturated rings. The average Bonchev–Trinajstić information content (AvgIpc) is 2.23. The van der Waals surface area contributed by atoms with Crippen LogP contribution in [0.4, 0.5) is 0 Å². The van der Waals surface area contributed by atoms with Gasteiger partial charge in [0.1, 0.15) is 0 Å². The first-order chi connectivity index (χ1) is 7.24. The lowest BCUT2D eigenvalue weighted by Crippen LogP contribution is -2.19. The predicted octanol–water partition coefficient (Wildman–Crippen LogP) is 3.54. The van der Waals surface area contributed by atoms with Crippen LogP contribution in [0.15, 0.2) is 18.2 Å². The van der Waals surface area contributed by atoms with Gasteiger partial charge in [-0.3, -0.25) is 0 Å². The Balaban J connectivity index is 0.00000225. The Morgan fingerprint density at radius 2 is 2.00 bits per heavy atom. The standard InChI is InChI=1S/C11H15Cl2NO.ClH/c1-2-15-6-5-14-8-9-3-4-10(12)11(13)7-9;/h3-4,7,14H,2,5-6,8H2,1H3;1H. The summed E-state index contributed by atoms with van der Waals surface area (Å²) in [5, 5.41) is 4.45. The number of ether oxygens (including phenoxy) is 1. The fourth-order valence-corrected chi connectivity index (χ4v) is 1.49. The molecule has 0 aliphatic heterocycles. The zero-order valence-corrected chi connectivity index (χ0v) is 11.5. The zero-order chi connectivity index (χ0) is 11.1. The van der Waals surface area contributed by atoms with E-state index in [0.717, 1.165) is 31.9 Å². The number of halogens is 3. The summed E-state index contributed by atoms with van der Waals surface area (Å²) in [6.45, 7) is 5.10. The van der Waals surface area contributed by atoms with Crippen molar-refractivity contribution in [3.05, 3.63) is 33.8 Å². The SMILES string of the molecule is CCOCCNCc1ccc(Cl)c(Cl)c1.Cl. The number of nitrogens with one attached hydrogen (secondary N) is 1. The Hall–Kier alpha value is 0.01000. The van der Waals surface area contributed by atoms with Crippen LogP contribution in [0.25, 0.3) is 0 Å². The molecule has 1 N–H and O–H groups in total. The summed E-state index contributed by atoms with van der Waals surface area (Å²) in [4.78, 5) is 0. The molecule has 92 valence electrons. The summed E-state index contributed by atoms with van der Waals surface area (Å²) in [6.07, 6.45) is 0. The van der Waals surface area contributed by atoms with Crippen molar-refractivity contribution in [2.45, 2.75) is 13.5 Å². The second kappa shape index (κ2) is 9.08. The minimum Gasteiger partial charge on any atom is -0.380 e. The fraction of sp³-hybridized carbons (Fsp3) is 0.455. The highest BCUT2D eigenvalue weighted by molar-refractivity contribution is 6.42. The van der Waals surface area contributed by atoms with Gasteiger partial charge in [0.15, 0.2) is 0 Å². The number of hydrogen-bond donors (Lipinski definition) is 1. The van der Waals surface area contributed by atoms with E-state index in [1.165, 1.54) is 0 Å². The Morgan fingerprint density at radius 1 is 1.25 bits per heavy atom. The minimum absolute atomic E-state index is 0. The molecule has 0 amide bonds. The van der Waals surface area contributed by atoms with Gasteiger partial charge >= 0.3 is 0 Å². The molecule has 0 saturated heterocycles. The van der Waals surface area contributed by atoms with Crippen molar-refractivity contribution in [2.24, 2.45) is 0 Å². The third kappa shape index (κ3) is 5.92. The first kappa shape index (κ1) is 16.0. The highest BCUT2D eigenvalue weighted by atomic mass is 35.5. The van der Waals surface area contributed by atoms with Crippen LogP contribution >= 0.6 is 35.6 Å². The first-order valence-electron chi connectivity index (χ1n) is 4.96. The van der Waals surface area contributed by atoms with Gasteiger partial charge in [0, 0.05) is 19.7 Å². The first-order valence-corrected chi connectivity index (χ1v) is 5.72. The summed E-state index contributed by atoms with van der Waals surface area (Å²) in [6, 6.07) is 5.64. The molecule has 0 bridgehead atoms. The third-order valence-electron chi connectivity index (χ3n) is 1.94. The molecule has 0 aliphatic carbocycles. The highest BCUT2D eigenvalue weighted by Gasteiger charge is 1.98. The summed E-state index contributed by atoms with van der Waals surface area (Å²) < 4.78 is 5.20. The lowest BCUT2D eigenvalue weighted by atomic mass is 10.2. The molecular formula is C11H16Cl3NO. The van der Waals surface area contributed by atoms with Crippen molar-refractivity contribution in [1.82, 2.24) is 5.32 Å². The molecule has 0 heterocycles. The number of benzene rings is 1. The van der Waals surface area contributed by atoms with E-state index >= 15 is 0 Å². The average molecular weight is 285 g/mol. The Bertz CT molecular complexity index is 307. The van der Waals surface area contributed by atoms with Gasteiger partial charge in [0.05, 0.1) is 16.7 Å². The van der Waals surface area contributed by atoms with Crippen LogP contribution in [0, 0.1) is 0 Å². The topological polar surface area (TPSA) is 21.3 Å². The van der Waals surface area contributed by atoms with Crippen molar-refractivity contribution >= 4 is 35.6 Å². The van der Waals surface area contributed by atoms with E-state index in [-0.39, 0.29) is 12.4 Å². The summed E-state index contributed by atoms with van der Waals surface area (Å²) in [5.74, 6) is 0. The van der Waals surface area contributed by atoms with Gasteiger partial charge in [-0.05, 0) is 24.6 Å². The van der Waals surface area contributed by atoms with Crippen LogP contribution in [-0.2, 0) is 11.3 Å². The van der Waals surface area contributed by atoms with Gasteiger partial charge < -0.3 is 10.1 Å².